The fourth-order valence-electron chi connectivity index (χ4n) is 1.23. The predicted octanol–water partition coefficient (Wildman–Crippen LogP) is 0.590. The summed E-state index contributed by atoms with van der Waals surface area (Å²) in [5.74, 6) is 0. The Labute approximate surface area is 66.4 Å². The highest BCUT2D eigenvalue weighted by Gasteiger charge is 2.18. The van der Waals surface area contributed by atoms with Crippen molar-refractivity contribution in [2.75, 3.05) is 13.1 Å². The van der Waals surface area contributed by atoms with Crippen LogP contribution in [0.4, 0.5) is 0 Å². The number of hydrogen-bond acceptors (Lipinski definition) is 2. The van der Waals surface area contributed by atoms with Gasteiger partial charge in [0.2, 0.25) is 0 Å². The third-order valence-corrected chi connectivity index (χ3v) is 2.16. The third kappa shape index (κ3) is 1.16. The van der Waals surface area contributed by atoms with Gasteiger partial charge in [-0.2, -0.15) is 5.10 Å². The summed E-state index contributed by atoms with van der Waals surface area (Å²) in [5, 5.41) is 7.65. The summed E-state index contributed by atoms with van der Waals surface area (Å²) < 4.78 is 2.06. The van der Waals surface area contributed by atoms with E-state index >= 15 is 0 Å². The van der Waals surface area contributed by atoms with Crippen LogP contribution in [0.1, 0.15) is 18.7 Å². The second kappa shape index (κ2) is 2.66. The molecule has 1 N–H and O–H groups in total. The van der Waals surface area contributed by atoms with E-state index in [9.17, 15) is 0 Å². The fraction of sp³-hybridized carbons (Fsp3) is 0.625. The van der Waals surface area contributed by atoms with Crippen LogP contribution < -0.4 is 5.32 Å². The monoisotopic (exact) mass is 151 g/mol. The van der Waals surface area contributed by atoms with E-state index in [0.29, 0.717) is 6.04 Å². The Morgan fingerprint density at radius 1 is 1.73 bits per heavy atom. The Morgan fingerprint density at radius 3 is 3.00 bits per heavy atom. The largest absolute Gasteiger partial charge is 0.312 e. The third-order valence-electron chi connectivity index (χ3n) is 2.16. The van der Waals surface area contributed by atoms with Gasteiger partial charge in [0, 0.05) is 19.3 Å². The standard InChI is InChI=1S/C8H13N3/c1-2-7-3-4-11(10-7)8-5-9-6-8/h3-4,8-9H,2,5-6H2,1H3. The Hall–Kier alpha value is -0.830. The van der Waals surface area contributed by atoms with Crippen LogP contribution in [0.15, 0.2) is 12.3 Å². The number of rotatable bonds is 2. The fourth-order valence-corrected chi connectivity index (χ4v) is 1.23. The average molecular weight is 151 g/mol. The van der Waals surface area contributed by atoms with Crippen molar-refractivity contribution in [1.29, 1.82) is 0 Å². The molecule has 0 atom stereocenters. The molecule has 0 radical (unpaired) electrons. The molecule has 1 aliphatic rings. The van der Waals surface area contributed by atoms with Crippen molar-refractivity contribution in [1.82, 2.24) is 15.1 Å². The molecule has 0 amide bonds. The van der Waals surface area contributed by atoms with Gasteiger partial charge < -0.3 is 5.32 Å². The summed E-state index contributed by atoms with van der Waals surface area (Å²) in [6, 6.07) is 2.70. The van der Waals surface area contributed by atoms with Crippen LogP contribution in [0.2, 0.25) is 0 Å². The Kier molecular flexibility index (Phi) is 1.66. The van der Waals surface area contributed by atoms with Gasteiger partial charge in [-0.15, -0.1) is 0 Å². The van der Waals surface area contributed by atoms with Gasteiger partial charge in [0.25, 0.3) is 0 Å². The van der Waals surface area contributed by atoms with Crippen LogP contribution in [0.25, 0.3) is 0 Å². The summed E-state index contributed by atoms with van der Waals surface area (Å²) in [7, 11) is 0. The lowest BCUT2D eigenvalue weighted by molar-refractivity contribution is 0.317. The minimum absolute atomic E-state index is 0.607. The van der Waals surface area contributed by atoms with Crippen molar-refractivity contribution in [2.45, 2.75) is 19.4 Å². The molecule has 0 aliphatic carbocycles. The first-order chi connectivity index (χ1) is 5.40. The second-order valence-corrected chi connectivity index (χ2v) is 2.95. The first kappa shape index (κ1) is 6.85. The SMILES string of the molecule is CCc1ccn(C2CNC2)n1. The Morgan fingerprint density at radius 2 is 2.55 bits per heavy atom. The highest BCUT2D eigenvalue weighted by atomic mass is 15.3. The van der Waals surface area contributed by atoms with Gasteiger partial charge in [-0.05, 0) is 12.5 Å². The molecule has 0 unspecified atom stereocenters. The van der Waals surface area contributed by atoms with Gasteiger partial charge in [-0.3, -0.25) is 4.68 Å². The second-order valence-electron chi connectivity index (χ2n) is 2.95. The van der Waals surface area contributed by atoms with Crippen LogP contribution in [-0.2, 0) is 6.42 Å². The van der Waals surface area contributed by atoms with Gasteiger partial charge in [0.15, 0.2) is 0 Å². The molecule has 2 rings (SSSR count). The van der Waals surface area contributed by atoms with Crippen molar-refractivity contribution >= 4 is 0 Å². The smallest absolute Gasteiger partial charge is 0.0767 e. The van der Waals surface area contributed by atoms with E-state index in [1.807, 2.05) is 0 Å². The number of hydrogen-bond donors (Lipinski definition) is 1. The number of aromatic nitrogens is 2. The molecule has 0 saturated carbocycles. The summed E-state index contributed by atoms with van der Waals surface area (Å²) in [6.07, 6.45) is 3.11. The number of nitrogens with zero attached hydrogens (tertiary/aromatic N) is 2. The minimum Gasteiger partial charge on any atom is -0.312 e. The van der Waals surface area contributed by atoms with E-state index < -0.39 is 0 Å². The number of nitrogens with one attached hydrogen (secondary N) is 1. The molecule has 60 valence electrons. The van der Waals surface area contributed by atoms with Crippen LogP contribution in [0, 0.1) is 0 Å². The van der Waals surface area contributed by atoms with Crippen molar-refractivity contribution in [3.8, 4) is 0 Å². The zero-order chi connectivity index (χ0) is 7.68. The van der Waals surface area contributed by atoms with E-state index in [0.717, 1.165) is 19.5 Å². The molecule has 0 spiro atoms. The molecule has 0 aromatic carbocycles. The zero-order valence-electron chi connectivity index (χ0n) is 6.75. The predicted molar refractivity (Wildman–Crippen MR) is 43.5 cm³/mol. The van der Waals surface area contributed by atoms with E-state index in [1.165, 1.54) is 5.69 Å². The lowest BCUT2D eigenvalue weighted by atomic mass is 10.2. The molecule has 1 aromatic rings. The summed E-state index contributed by atoms with van der Waals surface area (Å²) in [6.45, 7) is 4.28. The van der Waals surface area contributed by atoms with E-state index in [1.54, 1.807) is 0 Å². The summed E-state index contributed by atoms with van der Waals surface area (Å²) in [5.41, 5.74) is 1.19. The Balaban J connectivity index is 2.11. The van der Waals surface area contributed by atoms with Crippen molar-refractivity contribution < 1.29 is 0 Å². The molecule has 11 heavy (non-hydrogen) atoms. The van der Waals surface area contributed by atoms with Crippen LogP contribution in [-0.4, -0.2) is 22.9 Å². The molecule has 2 heterocycles. The summed E-state index contributed by atoms with van der Waals surface area (Å²) >= 11 is 0. The maximum Gasteiger partial charge on any atom is 0.0767 e. The highest BCUT2D eigenvalue weighted by Crippen LogP contribution is 2.10. The Bertz CT molecular complexity index is 237. The van der Waals surface area contributed by atoms with Gasteiger partial charge >= 0.3 is 0 Å². The molecular formula is C8H13N3. The topological polar surface area (TPSA) is 29.9 Å². The van der Waals surface area contributed by atoms with E-state index in [-0.39, 0.29) is 0 Å². The first-order valence-corrected chi connectivity index (χ1v) is 4.15. The lowest BCUT2D eigenvalue weighted by Gasteiger charge is -2.27. The van der Waals surface area contributed by atoms with Crippen molar-refractivity contribution in [3.63, 3.8) is 0 Å². The molecule has 3 heteroatoms. The van der Waals surface area contributed by atoms with Gasteiger partial charge in [-0.1, -0.05) is 6.92 Å². The van der Waals surface area contributed by atoms with E-state index in [2.05, 4.69) is 34.3 Å². The van der Waals surface area contributed by atoms with Crippen LogP contribution >= 0.6 is 0 Å². The van der Waals surface area contributed by atoms with E-state index in [4.69, 9.17) is 0 Å². The van der Waals surface area contributed by atoms with Gasteiger partial charge in [-0.25, -0.2) is 0 Å². The average Bonchev–Trinajstić information content (AvgIpc) is 2.32. The van der Waals surface area contributed by atoms with Gasteiger partial charge in [0.05, 0.1) is 11.7 Å². The van der Waals surface area contributed by atoms with Crippen LogP contribution in [0.3, 0.4) is 0 Å². The number of aryl methyl sites for hydroxylation is 1. The lowest BCUT2D eigenvalue weighted by Crippen LogP contribution is -2.43. The molecule has 1 aliphatic heterocycles. The van der Waals surface area contributed by atoms with Gasteiger partial charge in [0.1, 0.15) is 0 Å². The molecule has 0 bridgehead atoms. The minimum atomic E-state index is 0.607. The van der Waals surface area contributed by atoms with Crippen molar-refractivity contribution in [3.05, 3.63) is 18.0 Å². The summed E-state index contributed by atoms with van der Waals surface area (Å²) in [4.78, 5) is 0. The quantitative estimate of drug-likeness (QED) is 0.670. The van der Waals surface area contributed by atoms with Crippen LogP contribution in [0.5, 0.6) is 0 Å². The molecule has 1 fully saturated rings. The maximum atomic E-state index is 4.43. The first-order valence-electron chi connectivity index (χ1n) is 4.15. The van der Waals surface area contributed by atoms with Crippen molar-refractivity contribution in [2.24, 2.45) is 0 Å². The molecule has 1 saturated heterocycles. The zero-order valence-corrected chi connectivity index (χ0v) is 6.75. The molecular weight excluding hydrogens is 138 g/mol. The maximum absolute atomic E-state index is 4.43. The molecule has 1 aromatic heterocycles. The molecule has 3 nitrogen and oxygen atoms in total. The highest BCUT2D eigenvalue weighted by molar-refractivity contribution is 5.00. The normalized spacial score (nSPS) is 18.3.